The van der Waals surface area contributed by atoms with Crippen molar-refractivity contribution in [1.82, 2.24) is 5.32 Å². The van der Waals surface area contributed by atoms with Gasteiger partial charge in [-0.15, -0.1) is 0 Å². The van der Waals surface area contributed by atoms with Gasteiger partial charge in [0.1, 0.15) is 5.75 Å². The van der Waals surface area contributed by atoms with Crippen LogP contribution in [0.3, 0.4) is 0 Å². The second-order valence-corrected chi connectivity index (χ2v) is 12.4. The molecule has 42 heavy (non-hydrogen) atoms. The van der Waals surface area contributed by atoms with Crippen molar-refractivity contribution in [3.8, 4) is 5.75 Å². The van der Waals surface area contributed by atoms with E-state index in [2.05, 4.69) is 31.3 Å². The number of hydrogen-bond donors (Lipinski definition) is 3. The molecule has 1 aromatic carbocycles. The summed E-state index contributed by atoms with van der Waals surface area (Å²) in [6, 6.07) is 7.63. The Morgan fingerprint density at radius 2 is 0.929 bits per heavy atom. The van der Waals surface area contributed by atoms with Gasteiger partial charge in [0.15, 0.2) is 0 Å². The molecule has 1 aromatic rings. The number of aryl methyl sites for hydroxylation is 1. The van der Waals surface area contributed by atoms with Crippen LogP contribution in [-0.2, 0) is 6.42 Å². The minimum absolute atomic E-state index is 0.367. The van der Waals surface area contributed by atoms with Crippen LogP contribution in [0, 0.1) is 0 Å². The van der Waals surface area contributed by atoms with Crippen LogP contribution >= 0.6 is 0 Å². The van der Waals surface area contributed by atoms with Crippen LogP contribution in [0.4, 0.5) is 0 Å². The molecule has 0 saturated carbocycles. The van der Waals surface area contributed by atoms with Crippen molar-refractivity contribution in [3.05, 3.63) is 42.0 Å². The molecule has 1 rings (SSSR count). The minimum Gasteiger partial charge on any atom is -0.508 e. The summed E-state index contributed by atoms with van der Waals surface area (Å²) in [5.41, 5.74) is 6.81. The number of rotatable bonds is 30. The maximum Gasteiger partial charge on any atom is 0.115 e. The van der Waals surface area contributed by atoms with Gasteiger partial charge >= 0.3 is 0 Å². The van der Waals surface area contributed by atoms with E-state index >= 15 is 0 Å². The van der Waals surface area contributed by atoms with Gasteiger partial charge in [0, 0.05) is 0 Å². The maximum absolute atomic E-state index is 9.20. The predicted octanol–water partition coefficient (Wildman–Crippen LogP) is 11.8. The van der Waals surface area contributed by atoms with Crippen LogP contribution < -0.4 is 11.1 Å². The van der Waals surface area contributed by atoms with E-state index in [9.17, 15) is 5.11 Å². The van der Waals surface area contributed by atoms with Gasteiger partial charge in [0.05, 0.1) is 0 Å². The molecule has 0 unspecified atom stereocenters. The molecule has 246 valence electrons. The van der Waals surface area contributed by atoms with Crippen molar-refractivity contribution in [2.75, 3.05) is 19.6 Å². The zero-order chi connectivity index (χ0) is 30.6. The number of aromatic hydroxyl groups is 1. The summed E-state index contributed by atoms with van der Waals surface area (Å²) in [6.45, 7) is 7.61. The molecule has 0 amide bonds. The number of unbranched alkanes of at least 4 members (excludes halogenated alkanes) is 21. The first-order chi connectivity index (χ1) is 20.7. The summed E-state index contributed by atoms with van der Waals surface area (Å²) in [5, 5.41) is 12.6. The lowest BCUT2D eigenvalue weighted by atomic mass is 10.0. The number of phenols is 1. The van der Waals surface area contributed by atoms with Crippen molar-refractivity contribution < 1.29 is 5.11 Å². The first kappa shape index (κ1) is 40.7. The van der Waals surface area contributed by atoms with Crippen molar-refractivity contribution in [1.29, 1.82) is 0 Å². The molecule has 3 nitrogen and oxygen atoms in total. The lowest BCUT2D eigenvalue weighted by molar-refractivity contribution is 0.475. The largest absolute Gasteiger partial charge is 0.508 e. The number of nitrogens with two attached hydrogens (primary N) is 1. The highest BCUT2D eigenvalue weighted by atomic mass is 16.3. The Bertz CT molecular complexity index is 642. The van der Waals surface area contributed by atoms with E-state index in [0.717, 1.165) is 25.9 Å². The normalized spacial score (nSPS) is 11.2. The second-order valence-electron chi connectivity index (χ2n) is 12.4. The number of benzene rings is 1. The Balaban J connectivity index is 0.000000813. The third kappa shape index (κ3) is 33.2. The summed E-state index contributed by atoms with van der Waals surface area (Å²) in [6.07, 6.45) is 40.3. The summed E-state index contributed by atoms with van der Waals surface area (Å²) in [4.78, 5) is 0. The number of nitrogens with one attached hydrogen (secondary N) is 1. The maximum atomic E-state index is 9.20. The Labute approximate surface area is 263 Å². The summed E-state index contributed by atoms with van der Waals surface area (Å²) < 4.78 is 0. The molecular weight excluding hydrogens is 512 g/mol. The molecule has 0 radical (unpaired) electrons. The van der Waals surface area contributed by atoms with Crippen molar-refractivity contribution >= 4 is 0 Å². The zero-order valence-corrected chi connectivity index (χ0v) is 28.5. The highest BCUT2D eigenvalue weighted by Gasteiger charge is 1.96. The SMILES string of the molecule is CCCCCCCC/C=C\CCCCCCCCNCCCN.CCCCCCCCCCCCc1ccc(O)cc1. The fourth-order valence-corrected chi connectivity index (χ4v) is 5.33. The number of allylic oxidation sites excluding steroid dienone is 2. The molecule has 0 aliphatic rings. The quantitative estimate of drug-likeness (QED) is 0.0620. The van der Waals surface area contributed by atoms with E-state index in [0.29, 0.717) is 5.75 Å². The number of hydrogen-bond acceptors (Lipinski definition) is 3. The number of phenolic OH excluding ortho intramolecular Hbond substituents is 1. The van der Waals surface area contributed by atoms with Gasteiger partial charge in [-0.2, -0.15) is 0 Å². The molecular formula is C39H74N2O. The standard InChI is InChI=1S/C21H44N2.C18H30O/c1-2-3-4-5-6-7-8-9-10-11-12-13-14-15-16-17-20-23-21-18-19-22;1-2-3-4-5-6-7-8-9-10-11-12-17-13-15-18(19)16-14-17/h9-10,23H,2-8,11-22H2,1H3;13-16,19H,2-12H2,1H3/b10-9-;. The van der Waals surface area contributed by atoms with E-state index in [1.807, 2.05) is 12.1 Å². The molecule has 0 spiro atoms. The molecule has 0 atom stereocenters. The Morgan fingerprint density at radius 1 is 0.524 bits per heavy atom. The summed E-state index contributed by atoms with van der Waals surface area (Å²) in [5.74, 6) is 0.367. The zero-order valence-electron chi connectivity index (χ0n) is 28.5. The fraction of sp³-hybridized carbons (Fsp3) is 0.795. The van der Waals surface area contributed by atoms with Gasteiger partial charge in [-0.1, -0.05) is 154 Å². The van der Waals surface area contributed by atoms with Crippen LogP contribution in [0.25, 0.3) is 0 Å². The average Bonchev–Trinajstić information content (AvgIpc) is 3.00. The third-order valence-electron chi connectivity index (χ3n) is 8.18. The third-order valence-corrected chi connectivity index (χ3v) is 8.18. The van der Waals surface area contributed by atoms with Gasteiger partial charge in [-0.3, -0.25) is 0 Å². The molecule has 0 aliphatic carbocycles. The fourth-order valence-electron chi connectivity index (χ4n) is 5.33. The molecule has 3 heteroatoms. The molecule has 0 bridgehead atoms. The summed E-state index contributed by atoms with van der Waals surface area (Å²) in [7, 11) is 0. The molecule has 4 N–H and O–H groups in total. The summed E-state index contributed by atoms with van der Waals surface area (Å²) >= 11 is 0. The van der Waals surface area contributed by atoms with Crippen LogP contribution in [0.1, 0.15) is 180 Å². The van der Waals surface area contributed by atoms with Crippen molar-refractivity contribution in [3.63, 3.8) is 0 Å². The Hall–Kier alpha value is -1.32. The van der Waals surface area contributed by atoms with E-state index in [4.69, 9.17) is 5.73 Å². The molecule has 0 heterocycles. The Kier molecular flexibility index (Phi) is 34.7. The van der Waals surface area contributed by atoms with Gasteiger partial charge < -0.3 is 16.2 Å². The lowest BCUT2D eigenvalue weighted by Crippen LogP contribution is -2.19. The minimum atomic E-state index is 0.367. The van der Waals surface area contributed by atoms with E-state index in [1.54, 1.807) is 12.1 Å². The smallest absolute Gasteiger partial charge is 0.115 e. The molecule has 0 aromatic heterocycles. The van der Waals surface area contributed by atoms with Crippen LogP contribution in [0.15, 0.2) is 36.4 Å². The molecule has 0 aliphatic heterocycles. The van der Waals surface area contributed by atoms with Crippen LogP contribution in [-0.4, -0.2) is 24.7 Å². The average molecular weight is 587 g/mol. The van der Waals surface area contributed by atoms with E-state index in [-0.39, 0.29) is 0 Å². The van der Waals surface area contributed by atoms with Gasteiger partial charge in [-0.05, 0) is 88.7 Å². The van der Waals surface area contributed by atoms with Gasteiger partial charge in [0.25, 0.3) is 0 Å². The van der Waals surface area contributed by atoms with Crippen LogP contribution in [0.2, 0.25) is 0 Å². The van der Waals surface area contributed by atoms with Crippen LogP contribution in [0.5, 0.6) is 5.75 Å². The van der Waals surface area contributed by atoms with E-state index < -0.39 is 0 Å². The van der Waals surface area contributed by atoms with Gasteiger partial charge in [-0.25, -0.2) is 0 Å². The topological polar surface area (TPSA) is 58.3 Å². The first-order valence-electron chi connectivity index (χ1n) is 18.6. The van der Waals surface area contributed by atoms with Crippen molar-refractivity contribution in [2.45, 2.75) is 181 Å². The molecule has 0 fully saturated rings. The highest BCUT2D eigenvalue weighted by Crippen LogP contribution is 2.15. The Morgan fingerprint density at radius 3 is 1.40 bits per heavy atom. The highest BCUT2D eigenvalue weighted by molar-refractivity contribution is 5.25. The lowest BCUT2D eigenvalue weighted by Gasteiger charge is -2.03. The second kappa shape index (κ2) is 35.9. The van der Waals surface area contributed by atoms with Crippen molar-refractivity contribution in [2.24, 2.45) is 5.73 Å². The predicted molar refractivity (Wildman–Crippen MR) is 190 cm³/mol. The van der Waals surface area contributed by atoms with E-state index in [1.165, 1.54) is 166 Å². The molecule has 0 saturated heterocycles. The first-order valence-corrected chi connectivity index (χ1v) is 18.6. The van der Waals surface area contributed by atoms with Gasteiger partial charge in [0.2, 0.25) is 0 Å². The monoisotopic (exact) mass is 587 g/mol.